The van der Waals surface area contributed by atoms with Gasteiger partial charge in [-0.3, -0.25) is 0 Å². The molecule has 0 aliphatic carbocycles. The number of hydrogen-bond donors (Lipinski definition) is 0. The van der Waals surface area contributed by atoms with Gasteiger partial charge in [0.25, 0.3) is 0 Å². The number of aromatic nitrogens is 1. The molecular weight excluding hydrogens is 1550 g/mol. The largest absolute Gasteiger partial charge is 1.00 e. The summed E-state index contributed by atoms with van der Waals surface area (Å²) in [5.74, 6) is 0. The quantitative estimate of drug-likeness (QED) is 0.0358. The molecule has 1 aromatic heterocycles. The summed E-state index contributed by atoms with van der Waals surface area (Å²) in [6, 6.07) is 6.31. The molecule has 0 unspecified atom stereocenters. The second kappa shape index (κ2) is 104. The highest BCUT2D eigenvalue weighted by Crippen LogP contribution is 2.19. The predicted octanol–water partition coefficient (Wildman–Crippen LogP) is 18.7. The number of quaternary nitrogens is 3. The molecule has 0 bridgehead atoms. The maximum atomic E-state index is 2.29. The molecule has 1 aromatic rings. The molecule has 0 amide bonds. The number of rotatable bonds is 73. The van der Waals surface area contributed by atoms with Crippen LogP contribution in [0.25, 0.3) is 0 Å². The van der Waals surface area contributed by atoms with Gasteiger partial charge in [-0.05, 0) is 72.0 Å². The summed E-state index contributed by atoms with van der Waals surface area (Å²) in [6.45, 7) is 17.9. The van der Waals surface area contributed by atoms with Crippen molar-refractivity contribution in [3.63, 3.8) is 0 Å². The van der Waals surface area contributed by atoms with Crippen LogP contribution >= 0.6 is 12.4 Å². The van der Waals surface area contributed by atoms with Crippen LogP contribution in [0.2, 0.25) is 0 Å². The summed E-state index contributed by atoms with van der Waals surface area (Å²) in [5.41, 5.74) is 0. The van der Waals surface area contributed by atoms with E-state index >= 15 is 0 Å². The van der Waals surface area contributed by atoms with Crippen LogP contribution in [-0.2, 0) is 6.54 Å². The van der Waals surface area contributed by atoms with Crippen LogP contribution < -0.4 is 72.5 Å². The molecule has 0 aliphatic heterocycles. The van der Waals surface area contributed by atoms with Gasteiger partial charge >= 0.3 is 0 Å². The highest BCUT2D eigenvalue weighted by atomic mass is 79.9. The van der Waals surface area contributed by atoms with Crippen LogP contribution in [0.4, 0.5) is 0 Å². The fourth-order valence-electron chi connectivity index (χ4n) is 13.7. The van der Waals surface area contributed by atoms with E-state index in [0.717, 1.165) is 13.4 Å². The molecule has 1 rings (SSSR count). The van der Waals surface area contributed by atoms with Gasteiger partial charge in [-0.1, -0.05) is 420 Å². The number of hydrogen-bond acceptors (Lipinski definition) is 1. The Hall–Kier alpha value is 1.20. The van der Waals surface area contributed by atoms with Gasteiger partial charge in [-0.15, -0.1) is 12.4 Å². The molecule has 104 heavy (non-hydrogen) atoms. The van der Waals surface area contributed by atoms with Crippen molar-refractivity contribution >= 4 is 12.4 Å². The normalized spacial score (nSPS) is 11.1. The van der Waals surface area contributed by atoms with E-state index in [9.17, 15) is 0 Å². The molecule has 0 aromatic carbocycles. The molecule has 0 atom stereocenters. The zero-order valence-electron chi connectivity index (χ0n) is 74.7. The minimum atomic E-state index is 0. The lowest BCUT2D eigenvalue weighted by molar-refractivity contribution is -0.870. The molecule has 10 heteroatoms. The van der Waals surface area contributed by atoms with E-state index < -0.39 is 0 Å². The number of aryl methyl sites for hydroxylation is 1. The lowest BCUT2D eigenvalue weighted by atomic mass is 10.0. The molecule has 0 saturated carbocycles. The van der Waals surface area contributed by atoms with Crippen molar-refractivity contribution in [2.24, 2.45) is 0 Å². The van der Waals surface area contributed by atoms with E-state index in [1.54, 1.807) is 0 Å². The van der Waals surface area contributed by atoms with Crippen LogP contribution in [-0.4, -0.2) is 122 Å². The van der Waals surface area contributed by atoms with Crippen molar-refractivity contribution < 1.29 is 85.9 Å². The van der Waals surface area contributed by atoms with E-state index in [1.165, 1.54) is 469 Å². The predicted molar refractivity (Wildman–Crippen MR) is 463 cm³/mol. The van der Waals surface area contributed by atoms with Crippen molar-refractivity contribution in [3.8, 4) is 0 Å². The second-order valence-electron chi connectivity index (χ2n) is 35.2. The molecule has 636 valence electrons. The Morgan fingerprint density at radius 1 is 0.202 bits per heavy atom. The third kappa shape index (κ3) is 132. The standard InChI is InChI=1S/C21H38N.3C19H42N.C16H35N.4BrH.ClH/c1-2-3-4-5-6-7-8-9-10-11-12-13-14-16-19-22-20-17-15-18-21-22;3*1-5-6-7-8-9-10-11-12-13-14-15-16-17-18-19-20(2,3)4;1-4-5-6-7-8-9-10-11-12-13-14-15-16-17(2)3;;;;;/h15,17-18,20-21H,2-14,16,19H2,1H3;3*5-19H2,1-4H3;4-16H2,1-3H3;5*1H/q4*+1;;;;;;/p-4. The molecule has 0 spiro atoms. The molecule has 5 nitrogen and oxygen atoms in total. The van der Waals surface area contributed by atoms with Crippen molar-refractivity contribution in [1.82, 2.24) is 4.90 Å². The first kappa shape index (κ1) is 123. The first-order valence-corrected chi connectivity index (χ1v) is 45.9. The Morgan fingerprint density at radius 3 is 0.500 bits per heavy atom. The summed E-state index contributed by atoms with van der Waals surface area (Å²) in [5, 5.41) is 0. The Morgan fingerprint density at radius 2 is 0.346 bits per heavy atom. The van der Waals surface area contributed by atoms with E-state index in [1.807, 2.05) is 0 Å². The number of halogens is 5. The topological polar surface area (TPSA) is 7.12 Å². The summed E-state index contributed by atoms with van der Waals surface area (Å²) < 4.78 is 5.66. The van der Waals surface area contributed by atoms with Gasteiger partial charge in [-0.25, -0.2) is 4.57 Å². The van der Waals surface area contributed by atoms with Crippen LogP contribution in [0.15, 0.2) is 30.6 Å². The van der Waals surface area contributed by atoms with E-state index in [4.69, 9.17) is 0 Å². The zero-order chi connectivity index (χ0) is 73.8. The molecular formula is C94H200Br4ClN5. The van der Waals surface area contributed by atoms with Crippen molar-refractivity contribution in [1.29, 1.82) is 0 Å². The third-order valence-electron chi connectivity index (χ3n) is 20.6. The van der Waals surface area contributed by atoms with E-state index in [2.05, 4.69) is 152 Å². The summed E-state index contributed by atoms with van der Waals surface area (Å²) in [7, 11) is 25.0. The van der Waals surface area contributed by atoms with Gasteiger partial charge in [0.15, 0.2) is 12.4 Å². The minimum Gasteiger partial charge on any atom is -1.00 e. The minimum absolute atomic E-state index is 0. The van der Waals surface area contributed by atoms with Crippen LogP contribution in [0.3, 0.4) is 0 Å². The van der Waals surface area contributed by atoms with Crippen LogP contribution in [0.5, 0.6) is 0 Å². The van der Waals surface area contributed by atoms with Crippen molar-refractivity contribution in [2.75, 3.05) is 104 Å². The fourth-order valence-corrected chi connectivity index (χ4v) is 13.7. The monoisotopic (exact) mass is 1750 g/mol. The average Bonchev–Trinajstić information content (AvgIpc) is 1.15. The van der Waals surface area contributed by atoms with Gasteiger partial charge in [0, 0.05) is 18.6 Å². The number of unbranched alkanes of at least 4 members (excludes halogenated alkanes) is 63. The lowest BCUT2D eigenvalue weighted by Crippen LogP contribution is -3.00. The molecule has 0 radical (unpaired) electrons. The van der Waals surface area contributed by atoms with Gasteiger partial charge < -0.3 is 86.3 Å². The highest BCUT2D eigenvalue weighted by Gasteiger charge is 2.08. The Bertz CT molecular complexity index is 1440. The smallest absolute Gasteiger partial charge is 0.168 e. The molecule has 1 heterocycles. The molecule has 0 aliphatic rings. The second-order valence-corrected chi connectivity index (χ2v) is 35.2. The zero-order valence-corrected chi connectivity index (χ0v) is 81.8. The Kier molecular flexibility index (Phi) is 124. The maximum absolute atomic E-state index is 2.29. The Labute approximate surface area is 709 Å². The van der Waals surface area contributed by atoms with Crippen molar-refractivity contribution in [2.45, 2.75) is 478 Å². The van der Waals surface area contributed by atoms with Gasteiger partial charge in [-0.2, -0.15) is 0 Å². The number of nitrogens with zero attached hydrogens (tertiary/aromatic N) is 5. The fraction of sp³-hybridized carbons (Fsp3) is 0.947. The van der Waals surface area contributed by atoms with E-state index in [-0.39, 0.29) is 80.3 Å². The first-order chi connectivity index (χ1) is 47.9. The van der Waals surface area contributed by atoms with Gasteiger partial charge in [0.05, 0.1) is 83.1 Å². The summed E-state index contributed by atoms with van der Waals surface area (Å²) in [4.78, 5) is 2.29. The summed E-state index contributed by atoms with van der Waals surface area (Å²) >= 11 is 0. The van der Waals surface area contributed by atoms with Crippen molar-refractivity contribution in [3.05, 3.63) is 30.6 Å². The SMILES string of the molecule is CCCCCCCCCCCCCCCC[N+](C)(C)C.CCCCCCCCCCCCCCCC[N+](C)(C)C.CCCCCCCCCCCCCCCC[N+](C)(C)C.CCCCCCCCCCCCCCCC[n+]1ccccc1.CCCCCCCCCCCCCCN(C)C.Cl.[Br-].[Br-].[Br-].[Br-]. The average molecular weight is 1760 g/mol. The van der Waals surface area contributed by atoms with Gasteiger partial charge in [0.1, 0.15) is 6.54 Å². The highest BCUT2D eigenvalue weighted by molar-refractivity contribution is 5.85. The third-order valence-corrected chi connectivity index (χ3v) is 20.6. The lowest BCUT2D eigenvalue weighted by Gasteiger charge is -2.23. The first-order valence-electron chi connectivity index (χ1n) is 45.9. The van der Waals surface area contributed by atoms with Crippen LogP contribution in [0, 0.1) is 0 Å². The molecule has 0 saturated heterocycles. The summed E-state index contributed by atoms with van der Waals surface area (Å²) in [6.07, 6.45) is 103. The molecule has 0 fully saturated rings. The molecule has 0 N–H and O–H groups in total. The maximum Gasteiger partial charge on any atom is 0.168 e. The van der Waals surface area contributed by atoms with E-state index in [0.29, 0.717) is 0 Å². The van der Waals surface area contributed by atoms with Crippen LogP contribution in [0.1, 0.15) is 471 Å². The number of pyridine rings is 1. The Balaban J connectivity index is -0.000000153. The van der Waals surface area contributed by atoms with Gasteiger partial charge in [0.2, 0.25) is 0 Å².